The second-order valence-corrected chi connectivity index (χ2v) is 6.69. The zero-order chi connectivity index (χ0) is 19.8. The van der Waals surface area contributed by atoms with Crippen molar-refractivity contribution < 1.29 is 14.3 Å². The van der Waals surface area contributed by atoms with E-state index in [4.69, 9.17) is 4.74 Å². The van der Waals surface area contributed by atoms with Crippen LogP contribution in [0.4, 0.5) is 4.79 Å². The molecule has 6 heteroatoms. The van der Waals surface area contributed by atoms with E-state index in [1.165, 1.54) is 0 Å². The van der Waals surface area contributed by atoms with Gasteiger partial charge in [-0.1, -0.05) is 24.3 Å². The lowest BCUT2D eigenvalue weighted by atomic mass is 10.1. The number of amides is 3. The van der Waals surface area contributed by atoms with Crippen LogP contribution in [0, 0.1) is 0 Å². The molecule has 2 rings (SSSR count). The Morgan fingerprint density at radius 1 is 1.07 bits per heavy atom. The molecule has 2 aromatic rings. The number of nitrogens with one attached hydrogen (secondary N) is 2. The second kappa shape index (κ2) is 9.62. The van der Waals surface area contributed by atoms with E-state index >= 15 is 0 Å². The van der Waals surface area contributed by atoms with Crippen LogP contribution in [-0.4, -0.2) is 37.0 Å². The fourth-order valence-corrected chi connectivity index (χ4v) is 2.60. The van der Waals surface area contributed by atoms with Crippen LogP contribution < -0.4 is 15.4 Å². The Morgan fingerprint density at radius 2 is 1.78 bits per heavy atom. The highest BCUT2D eigenvalue weighted by molar-refractivity contribution is 5.94. The van der Waals surface area contributed by atoms with Crippen molar-refractivity contribution in [1.29, 1.82) is 0 Å². The lowest BCUT2D eigenvalue weighted by Crippen LogP contribution is -2.36. The van der Waals surface area contributed by atoms with Gasteiger partial charge < -0.3 is 20.3 Å². The van der Waals surface area contributed by atoms with Gasteiger partial charge in [-0.2, -0.15) is 0 Å². The lowest BCUT2D eigenvalue weighted by molar-refractivity contribution is 0.0943. The fourth-order valence-electron chi connectivity index (χ4n) is 2.60. The minimum Gasteiger partial charge on any atom is -0.497 e. The van der Waals surface area contributed by atoms with Crippen LogP contribution in [0.25, 0.3) is 0 Å². The molecule has 2 N–H and O–H groups in total. The van der Waals surface area contributed by atoms with Crippen molar-refractivity contribution in [3.8, 4) is 5.75 Å². The van der Waals surface area contributed by atoms with Crippen molar-refractivity contribution in [2.45, 2.75) is 33.0 Å². The standard InChI is InChI=1S/C21H27N3O3/c1-15(2)23-20(25)18-9-5-7-16(11-18)13-22-21(26)24(3)14-17-8-6-10-19(12-17)27-4/h5-12,15H,13-14H2,1-4H3,(H,22,26)(H,23,25). The average Bonchev–Trinajstić information content (AvgIpc) is 2.65. The van der Waals surface area contributed by atoms with Gasteiger partial charge in [0.05, 0.1) is 7.11 Å². The van der Waals surface area contributed by atoms with Crippen molar-refractivity contribution in [3.63, 3.8) is 0 Å². The highest BCUT2D eigenvalue weighted by Crippen LogP contribution is 2.14. The van der Waals surface area contributed by atoms with E-state index in [1.807, 2.05) is 50.2 Å². The van der Waals surface area contributed by atoms with E-state index < -0.39 is 0 Å². The summed E-state index contributed by atoms with van der Waals surface area (Å²) in [6.45, 7) is 4.66. The lowest BCUT2D eigenvalue weighted by Gasteiger charge is -2.18. The summed E-state index contributed by atoms with van der Waals surface area (Å²) in [7, 11) is 3.35. The van der Waals surface area contributed by atoms with Crippen LogP contribution >= 0.6 is 0 Å². The van der Waals surface area contributed by atoms with Crippen molar-refractivity contribution >= 4 is 11.9 Å². The largest absolute Gasteiger partial charge is 0.497 e. The molecule has 0 fully saturated rings. The number of benzene rings is 2. The van der Waals surface area contributed by atoms with Crippen molar-refractivity contribution in [2.24, 2.45) is 0 Å². The fraction of sp³-hybridized carbons (Fsp3) is 0.333. The molecular formula is C21H27N3O3. The molecule has 0 aliphatic rings. The van der Waals surface area contributed by atoms with E-state index in [1.54, 1.807) is 31.2 Å². The molecule has 3 amide bonds. The maximum Gasteiger partial charge on any atom is 0.317 e. The first-order chi connectivity index (χ1) is 12.9. The molecular weight excluding hydrogens is 342 g/mol. The third-order valence-corrected chi connectivity index (χ3v) is 3.95. The quantitative estimate of drug-likeness (QED) is 0.787. The van der Waals surface area contributed by atoms with Crippen LogP contribution in [-0.2, 0) is 13.1 Å². The highest BCUT2D eigenvalue weighted by Gasteiger charge is 2.11. The summed E-state index contributed by atoms with van der Waals surface area (Å²) < 4.78 is 5.20. The molecule has 0 unspecified atom stereocenters. The SMILES string of the molecule is COc1cccc(CN(C)C(=O)NCc2cccc(C(=O)NC(C)C)c2)c1. The maximum atomic E-state index is 12.3. The van der Waals surface area contributed by atoms with Crippen LogP contribution in [0.1, 0.15) is 35.3 Å². The Kier molecular flexibility index (Phi) is 7.23. The molecule has 0 saturated heterocycles. The molecule has 0 heterocycles. The van der Waals surface area contributed by atoms with Crippen molar-refractivity contribution in [2.75, 3.05) is 14.2 Å². The summed E-state index contributed by atoms with van der Waals surface area (Å²) in [4.78, 5) is 26.0. The number of nitrogens with zero attached hydrogens (tertiary/aromatic N) is 1. The molecule has 0 aliphatic carbocycles. The van der Waals surface area contributed by atoms with E-state index in [2.05, 4.69) is 10.6 Å². The third kappa shape index (κ3) is 6.33. The van der Waals surface area contributed by atoms with Gasteiger partial charge in [-0.05, 0) is 49.2 Å². The Hall–Kier alpha value is -3.02. The monoisotopic (exact) mass is 369 g/mol. The highest BCUT2D eigenvalue weighted by atomic mass is 16.5. The minimum atomic E-state index is -0.185. The summed E-state index contributed by atoms with van der Waals surface area (Å²) in [5.41, 5.74) is 2.44. The topological polar surface area (TPSA) is 70.7 Å². The van der Waals surface area contributed by atoms with Gasteiger partial charge in [0.1, 0.15) is 5.75 Å². The van der Waals surface area contributed by atoms with E-state index in [9.17, 15) is 9.59 Å². The normalized spacial score (nSPS) is 10.4. The van der Waals surface area contributed by atoms with E-state index in [-0.39, 0.29) is 18.0 Å². The summed E-state index contributed by atoms with van der Waals surface area (Å²) >= 11 is 0. The van der Waals surface area contributed by atoms with Crippen LogP contribution in [0.3, 0.4) is 0 Å². The minimum absolute atomic E-state index is 0.0751. The van der Waals surface area contributed by atoms with Gasteiger partial charge in [-0.3, -0.25) is 4.79 Å². The predicted octanol–water partition coefficient (Wildman–Crippen LogP) is 3.18. The molecule has 0 saturated carbocycles. The number of carbonyl (C=O) groups excluding carboxylic acids is 2. The number of methoxy groups -OCH3 is 1. The molecule has 0 bridgehead atoms. The zero-order valence-corrected chi connectivity index (χ0v) is 16.3. The van der Waals surface area contributed by atoms with Crippen LogP contribution in [0.5, 0.6) is 5.75 Å². The number of hydrogen-bond donors (Lipinski definition) is 2. The van der Waals surface area contributed by atoms with Gasteiger partial charge in [0, 0.05) is 31.7 Å². The molecule has 0 radical (unpaired) electrons. The Labute approximate surface area is 160 Å². The van der Waals surface area contributed by atoms with Gasteiger partial charge >= 0.3 is 6.03 Å². The summed E-state index contributed by atoms with van der Waals surface area (Å²) in [5, 5.41) is 5.74. The first-order valence-corrected chi connectivity index (χ1v) is 8.90. The van der Waals surface area contributed by atoms with Gasteiger partial charge in [0.15, 0.2) is 0 Å². The molecule has 0 atom stereocenters. The smallest absolute Gasteiger partial charge is 0.317 e. The number of hydrogen-bond acceptors (Lipinski definition) is 3. The molecule has 0 aliphatic heterocycles. The molecule has 0 aromatic heterocycles. The summed E-state index contributed by atoms with van der Waals surface area (Å²) in [6, 6.07) is 14.8. The molecule has 2 aromatic carbocycles. The number of urea groups is 1. The number of carbonyl (C=O) groups is 2. The van der Waals surface area contributed by atoms with Gasteiger partial charge in [-0.15, -0.1) is 0 Å². The first kappa shape index (κ1) is 20.3. The van der Waals surface area contributed by atoms with Gasteiger partial charge in [0.25, 0.3) is 5.91 Å². The van der Waals surface area contributed by atoms with Gasteiger partial charge in [-0.25, -0.2) is 4.79 Å². The Bertz CT molecular complexity index is 790. The molecule has 144 valence electrons. The summed E-state index contributed by atoms with van der Waals surface area (Å²) in [6.07, 6.45) is 0. The first-order valence-electron chi connectivity index (χ1n) is 8.90. The van der Waals surface area contributed by atoms with E-state index in [0.717, 1.165) is 16.9 Å². The third-order valence-electron chi connectivity index (χ3n) is 3.95. The van der Waals surface area contributed by atoms with Crippen molar-refractivity contribution in [3.05, 3.63) is 65.2 Å². The van der Waals surface area contributed by atoms with Crippen molar-refractivity contribution in [1.82, 2.24) is 15.5 Å². The second-order valence-electron chi connectivity index (χ2n) is 6.69. The van der Waals surface area contributed by atoms with Gasteiger partial charge in [0.2, 0.25) is 0 Å². The molecule has 27 heavy (non-hydrogen) atoms. The number of ether oxygens (including phenoxy) is 1. The zero-order valence-electron chi connectivity index (χ0n) is 16.3. The molecule has 0 spiro atoms. The average molecular weight is 369 g/mol. The number of rotatable bonds is 7. The van der Waals surface area contributed by atoms with Crippen LogP contribution in [0.15, 0.2) is 48.5 Å². The Balaban J connectivity index is 1.91. The summed E-state index contributed by atoms with van der Waals surface area (Å²) in [5.74, 6) is 0.645. The maximum absolute atomic E-state index is 12.3. The molecule has 6 nitrogen and oxygen atoms in total. The van der Waals surface area contributed by atoms with Crippen LogP contribution in [0.2, 0.25) is 0 Å². The predicted molar refractivity (Wildman–Crippen MR) is 106 cm³/mol. The Morgan fingerprint density at radius 3 is 2.48 bits per heavy atom. The van der Waals surface area contributed by atoms with E-state index in [0.29, 0.717) is 18.7 Å².